The third-order valence-electron chi connectivity index (χ3n) is 3.15. The third-order valence-corrected chi connectivity index (χ3v) is 3.15. The second-order valence-electron chi connectivity index (χ2n) is 4.24. The Balaban J connectivity index is 2.21. The lowest BCUT2D eigenvalue weighted by atomic mass is 9.88. The highest BCUT2D eigenvalue weighted by molar-refractivity contribution is 5.97. The number of hydrogen-bond acceptors (Lipinski definition) is 5. The molecular formula is C14H16O5. The summed E-state index contributed by atoms with van der Waals surface area (Å²) in [5.41, 5.74) is 0.865. The van der Waals surface area contributed by atoms with Crippen LogP contribution in [-0.2, 0) is 19.1 Å². The minimum atomic E-state index is -0.867. The highest BCUT2D eigenvalue weighted by Crippen LogP contribution is 2.33. The summed E-state index contributed by atoms with van der Waals surface area (Å²) in [6, 6.07) is 7.25. The molecule has 5 heteroatoms. The fourth-order valence-corrected chi connectivity index (χ4v) is 2.15. The van der Waals surface area contributed by atoms with Crippen LogP contribution in [0.15, 0.2) is 24.3 Å². The molecule has 1 fully saturated rings. The van der Waals surface area contributed by atoms with Gasteiger partial charge in [0, 0.05) is 5.92 Å². The van der Waals surface area contributed by atoms with E-state index in [9.17, 15) is 9.59 Å². The number of hydrogen-bond donors (Lipinski definition) is 0. The smallest absolute Gasteiger partial charge is 0.321 e. The first-order valence-corrected chi connectivity index (χ1v) is 6.14. The summed E-state index contributed by atoms with van der Waals surface area (Å²) in [5.74, 6) is -1.47. The zero-order valence-electron chi connectivity index (χ0n) is 10.9. The van der Waals surface area contributed by atoms with Gasteiger partial charge in [-0.1, -0.05) is 12.1 Å². The first kappa shape index (κ1) is 13.4. The van der Waals surface area contributed by atoms with E-state index in [1.54, 1.807) is 26.2 Å². The first-order chi connectivity index (χ1) is 9.17. The molecule has 2 atom stereocenters. The summed E-state index contributed by atoms with van der Waals surface area (Å²) in [4.78, 5) is 23.5. The number of methoxy groups -OCH3 is 1. The number of ether oxygens (including phenoxy) is 3. The maximum Gasteiger partial charge on any atom is 0.321 e. The van der Waals surface area contributed by atoms with Gasteiger partial charge in [0.25, 0.3) is 0 Å². The average molecular weight is 264 g/mol. The molecule has 1 aliphatic heterocycles. The molecule has 2 rings (SSSR count). The molecule has 0 spiro atoms. The van der Waals surface area contributed by atoms with Crippen molar-refractivity contribution in [1.29, 1.82) is 0 Å². The van der Waals surface area contributed by atoms with Crippen molar-refractivity contribution in [3.63, 3.8) is 0 Å². The van der Waals surface area contributed by atoms with Crippen molar-refractivity contribution in [2.24, 2.45) is 5.92 Å². The molecule has 1 heterocycles. The van der Waals surface area contributed by atoms with Crippen LogP contribution in [0.4, 0.5) is 0 Å². The van der Waals surface area contributed by atoms with E-state index in [4.69, 9.17) is 14.2 Å². The van der Waals surface area contributed by atoms with Crippen molar-refractivity contribution in [2.45, 2.75) is 12.8 Å². The average Bonchev–Trinajstić information content (AvgIpc) is 2.81. The lowest BCUT2D eigenvalue weighted by molar-refractivity contribution is -0.155. The van der Waals surface area contributed by atoms with E-state index in [1.807, 2.05) is 12.1 Å². The van der Waals surface area contributed by atoms with Gasteiger partial charge in [-0.2, -0.15) is 0 Å². The fourth-order valence-electron chi connectivity index (χ4n) is 2.15. The van der Waals surface area contributed by atoms with E-state index in [2.05, 4.69) is 0 Å². The SMILES string of the molecule is CCOC(=O)C1C(=O)OCC1c1ccc(OC)cc1. The van der Waals surface area contributed by atoms with Crippen molar-refractivity contribution in [3.05, 3.63) is 29.8 Å². The molecule has 0 saturated carbocycles. The summed E-state index contributed by atoms with van der Waals surface area (Å²) in [5, 5.41) is 0. The predicted molar refractivity (Wildman–Crippen MR) is 66.8 cm³/mol. The molecule has 5 nitrogen and oxygen atoms in total. The largest absolute Gasteiger partial charge is 0.497 e. The predicted octanol–water partition coefficient (Wildman–Crippen LogP) is 1.51. The molecule has 0 aliphatic carbocycles. The number of carbonyl (C=O) groups is 2. The monoisotopic (exact) mass is 264 g/mol. The van der Waals surface area contributed by atoms with Gasteiger partial charge >= 0.3 is 11.9 Å². The van der Waals surface area contributed by atoms with E-state index >= 15 is 0 Å². The van der Waals surface area contributed by atoms with Crippen LogP contribution in [0.5, 0.6) is 5.75 Å². The zero-order chi connectivity index (χ0) is 13.8. The minimum absolute atomic E-state index is 0.203. The molecular weight excluding hydrogens is 248 g/mol. The van der Waals surface area contributed by atoms with Crippen LogP contribution in [0, 0.1) is 5.92 Å². The molecule has 1 aliphatic rings. The Morgan fingerprint density at radius 2 is 2.05 bits per heavy atom. The lowest BCUT2D eigenvalue weighted by Crippen LogP contribution is -2.26. The van der Waals surface area contributed by atoms with Crippen molar-refractivity contribution in [2.75, 3.05) is 20.3 Å². The number of rotatable bonds is 4. The Morgan fingerprint density at radius 1 is 1.37 bits per heavy atom. The summed E-state index contributed by atoms with van der Waals surface area (Å²) in [6.45, 7) is 2.16. The quantitative estimate of drug-likeness (QED) is 0.609. The van der Waals surface area contributed by atoms with Crippen molar-refractivity contribution in [3.8, 4) is 5.75 Å². The number of carbonyl (C=O) groups excluding carboxylic acids is 2. The Bertz CT molecular complexity index is 465. The maximum absolute atomic E-state index is 11.8. The molecule has 19 heavy (non-hydrogen) atoms. The molecule has 0 radical (unpaired) electrons. The number of cyclic esters (lactones) is 1. The van der Waals surface area contributed by atoms with Crippen LogP contribution in [0.25, 0.3) is 0 Å². The van der Waals surface area contributed by atoms with E-state index in [1.165, 1.54) is 0 Å². The molecule has 0 N–H and O–H groups in total. The molecule has 1 saturated heterocycles. The van der Waals surface area contributed by atoms with Gasteiger partial charge in [0.15, 0.2) is 5.92 Å². The van der Waals surface area contributed by atoms with E-state index in [0.717, 1.165) is 11.3 Å². The van der Waals surface area contributed by atoms with Crippen molar-refractivity contribution >= 4 is 11.9 Å². The van der Waals surface area contributed by atoms with Crippen LogP contribution in [-0.4, -0.2) is 32.3 Å². The minimum Gasteiger partial charge on any atom is -0.497 e. The standard InChI is InChI=1S/C14H16O5/c1-3-18-13(15)12-11(8-19-14(12)16)9-4-6-10(17-2)7-5-9/h4-7,11-12H,3,8H2,1-2H3. The highest BCUT2D eigenvalue weighted by Gasteiger charge is 2.44. The van der Waals surface area contributed by atoms with Crippen molar-refractivity contribution in [1.82, 2.24) is 0 Å². The Morgan fingerprint density at radius 3 is 2.63 bits per heavy atom. The summed E-state index contributed by atoms with van der Waals surface area (Å²) in [7, 11) is 1.58. The summed E-state index contributed by atoms with van der Waals surface area (Å²) in [6.07, 6.45) is 0. The Kier molecular flexibility index (Phi) is 4.04. The normalized spacial score (nSPS) is 21.9. The van der Waals surface area contributed by atoms with Crippen LogP contribution in [0.3, 0.4) is 0 Å². The van der Waals surface area contributed by atoms with Crippen LogP contribution < -0.4 is 4.74 Å². The van der Waals surface area contributed by atoms with Gasteiger partial charge in [-0.15, -0.1) is 0 Å². The zero-order valence-corrected chi connectivity index (χ0v) is 10.9. The van der Waals surface area contributed by atoms with Crippen LogP contribution in [0.2, 0.25) is 0 Å². The number of esters is 2. The topological polar surface area (TPSA) is 61.8 Å². The molecule has 2 unspecified atom stereocenters. The fraction of sp³-hybridized carbons (Fsp3) is 0.429. The van der Waals surface area contributed by atoms with Gasteiger partial charge in [-0.25, -0.2) is 0 Å². The van der Waals surface area contributed by atoms with E-state index < -0.39 is 17.9 Å². The van der Waals surface area contributed by atoms with Crippen molar-refractivity contribution < 1.29 is 23.8 Å². The van der Waals surface area contributed by atoms with Gasteiger partial charge in [0.2, 0.25) is 0 Å². The third kappa shape index (κ3) is 2.70. The molecule has 1 aromatic carbocycles. The lowest BCUT2D eigenvalue weighted by Gasteiger charge is -2.14. The maximum atomic E-state index is 11.8. The molecule has 1 aromatic rings. The molecule has 0 amide bonds. The van der Waals surface area contributed by atoms with Crippen LogP contribution in [0.1, 0.15) is 18.4 Å². The highest BCUT2D eigenvalue weighted by atomic mass is 16.6. The molecule has 102 valence electrons. The summed E-state index contributed by atoms with van der Waals surface area (Å²) >= 11 is 0. The molecule has 0 bridgehead atoms. The van der Waals surface area contributed by atoms with Gasteiger partial charge in [0.1, 0.15) is 5.75 Å². The number of benzene rings is 1. The van der Waals surface area contributed by atoms with Gasteiger partial charge < -0.3 is 14.2 Å². The van der Waals surface area contributed by atoms with Gasteiger partial charge in [-0.3, -0.25) is 9.59 Å². The summed E-state index contributed by atoms with van der Waals surface area (Å²) < 4.78 is 15.0. The second kappa shape index (κ2) is 5.73. The van der Waals surface area contributed by atoms with E-state index in [-0.39, 0.29) is 19.1 Å². The first-order valence-electron chi connectivity index (χ1n) is 6.14. The Hall–Kier alpha value is -2.04. The Labute approximate surface area is 111 Å². The second-order valence-corrected chi connectivity index (χ2v) is 4.24. The van der Waals surface area contributed by atoms with Crippen LogP contribution >= 0.6 is 0 Å². The van der Waals surface area contributed by atoms with Gasteiger partial charge in [-0.05, 0) is 24.6 Å². The van der Waals surface area contributed by atoms with E-state index in [0.29, 0.717) is 0 Å². The van der Waals surface area contributed by atoms with Gasteiger partial charge in [0.05, 0.1) is 20.3 Å². The molecule has 0 aromatic heterocycles.